The molecule has 0 aromatic heterocycles. The second kappa shape index (κ2) is 27.3. The Morgan fingerprint density at radius 1 is 0.357 bits per heavy atom. The number of carbonyl (C=O) groups is 2. The number of rotatable bonds is 29. The molecule has 0 atom stereocenters. The highest BCUT2D eigenvalue weighted by Gasteiger charge is 2.14. The minimum absolute atomic E-state index is 0.108. The molecule has 0 amide bonds. The van der Waals surface area contributed by atoms with Crippen LogP contribution in [0, 0.1) is 0 Å². The lowest BCUT2D eigenvalue weighted by Gasteiger charge is -2.28. The second-order valence-electron chi connectivity index (χ2n) is 10.7. The topological polar surface area (TPSA) is 72.0 Å². The Kier molecular flexibility index (Phi) is 26.4. The number of carbonyl (C=O) groups excluding carboxylic acids is 2. The first kappa shape index (κ1) is 40.7. The molecule has 0 heterocycles. The Hall–Kier alpha value is -1.30. The van der Waals surface area contributed by atoms with Gasteiger partial charge in [-0.2, -0.15) is 0 Å². The molecule has 0 aromatic rings. The second-order valence-corrected chi connectivity index (χ2v) is 10.7. The molecule has 0 aromatic carbocycles. The van der Waals surface area contributed by atoms with Gasteiger partial charge in [-0.3, -0.25) is 9.59 Å². The van der Waals surface area contributed by atoms with Crippen LogP contribution in [0.5, 0.6) is 0 Å². The average Bonchev–Trinajstić information content (AvgIpc) is 3.01. The molecule has 42 heavy (non-hydrogen) atoms. The van der Waals surface area contributed by atoms with E-state index in [1.165, 1.54) is 0 Å². The van der Waals surface area contributed by atoms with Gasteiger partial charge in [0, 0.05) is 65.4 Å². The number of likely N-dealkylation sites (N-methyl/N-ethyl adjacent to an activating group) is 4. The summed E-state index contributed by atoms with van der Waals surface area (Å²) in [6.45, 7) is 35.1. The maximum atomic E-state index is 12.4. The van der Waals surface area contributed by atoms with Gasteiger partial charge in [0.2, 0.25) is 0 Å². The highest BCUT2D eigenvalue weighted by Crippen LogP contribution is 2.01. The molecule has 0 spiro atoms. The fourth-order valence-electron chi connectivity index (χ4n) is 4.92. The predicted molar refractivity (Wildman–Crippen MR) is 175 cm³/mol. The van der Waals surface area contributed by atoms with Crippen LogP contribution in [0.25, 0.3) is 0 Å². The molecular weight excluding hydrogens is 532 g/mol. The normalized spacial score (nSPS) is 12.0. The number of hydrogen-bond donors (Lipinski definition) is 0. The van der Waals surface area contributed by atoms with Crippen LogP contribution in [0.3, 0.4) is 0 Å². The van der Waals surface area contributed by atoms with Gasteiger partial charge in [0.05, 0.1) is 12.8 Å². The Morgan fingerprint density at radius 3 is 0.786 bits per heavy atom. The fourth-order valence-corrected chi connectivity index (χ4v) is 4.92. The SMILES string of the molecule is CCN(CC)CCN(CCC(=O)OCCOC(=O)CCN(CCN(CC)CC)CCN(CC)CC)CCN(CC)CC. The lowest BCUT2D eigenvalue weighted by Crippen LogP contribution is -2.40. The number of hydrogen-bond acceptors (Lipinski definition) is 10. The van der Waals surface area contributed by atoms with Gasteiger partial charge in [-0.25, -0.2) is 0 Å². The van der Waals surface area contributed by atoms with E-state index in [0.717, 1.165) is 105 Å². The first-order chi connectivity index (χ1) is 20.3. The Labute approximate surface area is 259 Å². The van der Waals surface area contributed by atoms with Crippen LogP contribution >= 0.6 is 0 Å². The highest BCUT2D eigenvalue weighted by molar-refractivity contribution is 5.70. The summed E-state index contributed by atoms with van der Waals surface area (Å²) in [5, 5.41) is 0. The number of esters is 2. The van der Waals surface area contributed by atoms with E-state index >= 15 is 0 Å². The molecule has 0 aliphatic carbocycles. The zero-order valence-electron chi connectivity index (χ0n) is 28.9. The maximum absolute atomic E-state index is 12.4. The van der Waals surface area contributed by atoms with Crippen LogP contribution in [-0.4, -0.2) is 172 Å². The van der Waals surface area contributed by atoms with Crippen molar-refractivity contribution in [2.24, 2.45) is 0 Å². The highest BCUT2D eigenvalue weighted by atomic mass is 16.6. The third-order valence-electron chi connectivity index (χ3n) is 8.38. The van der Waals surface area contributed by atoms with E-state index in [-0.39, 0.29) is 25.2 Å². The molecule has 0 unspecified atom stereocenters. The zero-order valence-corrected chi connectivity index (χ0v) is 28.9. The van der Waals surface area contributed by atoms with E-state index in [1.807, 2.05) is 0 Å². The van der Waals surface area contributed by atoms with Crippen molar-refractivity contribution in [3.8, 4) is 0 Å². The van der Waals surface area contributed by atoms with E-state index in [9.17, 15) is 9.59 Å². The summed E-state index contributed by atoms with van der Waals surface area (Å²) in [6, 6.07) is 0. The van der Waals surface area contributed by atoms with Gasteiger partial charge >= 0.3 is 11.9 Å². The van der Waals surface area contributed by atoms with Crippen LogP contribution in [0.1, 0.15) is 68.2 Å². The van der Waals surface area contributed by atoms with Gasteiger partial charge in [0.25, 0.3) is 0 Å². The van der Waals surface area contributed by atoms with Crippen LogP contribution in [0.2, 0.25) is 0 Å². The largest absolute Gasteiger partial charge is 0.462 e. The van der Waals surface area contributed by atoms with Crippen molar-refractivity contribution >= 4 is 11.9 Å². The van der Waals surface area contributed by atoms with Crippen molar-refractivity contribution in [3.05, 3.63) is 0 Å². The third-order valence-corrected chi connectivity index (χ3v) is 8.38. The number of nitrogens with zero attached hydrogens (tertiary/aromatic N) is 6. The van der Waals surface area contributed by atoms with Crippen LogP contribution in [-0.2, 0) is 19.1 Å². The fraction of sp³-hybridized carbons (Fsp3) is 0.938. The summed E-state index contributed by atoms with van der Waals surface area (Å²) in [4.78, 5) is 39.2. The Balaban J connectivity index is 4.53. The van der Waals surface area contributed by atoms with Crippen LogP contribution < -0.4 is 0 Å². The lowest BCUT2D eigenvalue weighted by atomic mass is 10.3. The Morgan fingerprint density at radius 2 is 0.571 bits per heavy atom. The van der Waals surface area contributed by atoms with Gasteiger partial charge < -0.3 is 38.9 Å². The average molecular weight is 601 g/mol. The smallest absolute Gasteiger partial charge is 0.307 e. The van der Waals surface area contributed by atoms with Gasteiger partial charge in [-0.15, -0.1) is 0 Å². The summed E-state index contributed by atoms with van der Waals surface area (Å²) < 4.78 is 10.8. The van der Waals surface area contributed by atoms with E-state index in [0.29, 0.717) is 25.9 Å². The minimum atomic E-state index is -0.235. The van der Waals surface area contributed by atoms with Gasteiger partial charge in [0.1, 0.15) is 13.2 Å². The summed E-state index contributed by atoms with van der Waals surface area (Å²) in [5.74, 6) is -0.471. The molecule has 0 aliphatic heterocycles. The summed E-state index contributed by atoms with van der Waals surface area (Å²) in [7, 11) is 0. The monoisotopic (exact) mass is 601 g/mol. The summed E-state index contributed by atoms with van der Waals surface area (Å²) in [6.07, 6.45) is 0.691. The van der Waals surface area contributed by atoms with Crippen LogP contribution in [0.15, 0.2) is 0 Å². The number of ether oxygens (including phenoxy) is 2. The standard InChI is InChI=1S/C32H68N6O4/c1-9-33(10-2)21-25-37(26-22-34(11-3)12-4)19-17-31(39)41-29-30-42-32(40)18-20-38(27-23-35(13-5)14-6)28-24-36(15-7)16-8/h9-30H2,1-8H3. The molecule has 0 aliphatic rings. The summed E-state index contributed by atoms with van der Waals surface area (Å²) in [5.41, 5.74) is 0. The lowest BCUT2D eigenvalue weighted by molar-refractivity contribution is -0.152. The summed E-state index contributed by atoms with van der Waals surface area (Å²) >= 11 is 0. The van der Waals surface area contributed by atoms with Crippen molar-refractivity contribution in [3.63, 3.8) is 0 Å². The molecule has 0 saturated carbocycles. The molecule has 0 saturated heterocycles. The predicted octanol–water partition coefficient (Wildman–Crippen LogP) is 2.82. The van der Waals surface area contributed by atoms with Crippen molar-refractivity contribution < 1.29 is 19.1 Å². The quantitative estimate of drug-likeness (QED) is 0.0946. The van der Waals surface area contributed by atoms with E-state index in [2.05, 4.69) is 84.8 Å². The Bertz CT molecular complexity index is 554. The van der Waals surface area contributed by atoms with Crippen molar-refractivity contribution in [2.45, 2.75) is 68.2 Å². The molecule has 0 radical (unpaired) electrons. The van der Waals surface area contributed by atoms with Crippen LogP contribution in [0.4, 0.5) is 0 Å². The van der Waals surface area contributed by atoms with Gasteiger partial charge in [-0.1, -0.05) is 55.4 Å². The van der Waals surface area contributed by atoms with Crippen molar-refractivity contribution in [1.82, 2.24) is 29.4 Å². The minimum Gasteiger partial charge on any atom is -0.462 e. The van der Waals surface area contributed by atoms with Gasteiger partial charge in [-0.05, 0) is 52.4 Å². The first-order valence-corrected chi connectivity index (χ1v) is 16.9. The van der Waals surface area contributed by atoms with Gasteiger partial charge in [0.15, 0.2) is 0 Å². The van der Waals surface area contributed by atoms with E-state index in [4.69, 9.17) is 9.47 Å². The molecule has 10 nitrogen and oxygen atoms in total. The molecule has 0 rings (SSSR count). The third kappa shape index (κ3) is 20.6. The molecule has 0 bridgehead atoms. The maximum Gasteiger partial charge on any atom is 0.307 e. The van der Waals surface area contributed by atoms with Crippen molar-refractivity contribution in [1.29, 1.82) is 0 Å². The van der Waals surface area contributed by atoms with E-state index in [1.54, 1.807) is 0 Å². The van der Waals surface area contributed by atoms with E-state index < -0.39 is 0 Å². The molecule has 0 fully saturated rings. The zero-order chi connectivity index (χ0) is 31.6. The molecular formula is C32H68N6O4. The molecule has 250 valence electrons. The molecule has 0 N–H and O–H groups in total. The van der Waals surface area contributed by atoms with Crippen molar-refractivity contribution in [2.75, 3.05) is 131 Å². The first-order valence-electron chi connectivity index (χ1n) is 16.9. The molecule has 10 heteroatoms.